The lowest BCUT2D eigenvalue weighted by atomic mass is 10.0. The second-order valence-corrected chi connectivity index (χ2v) is 5.40. The smallest absolute Gasteiger partial charge is 0.191 e. The van der Waals surface area contributed by atoms with Crippen molar-refractivity contribution in [2.45, 2.75) is 0 Å². The Labute approximate surface area is 133 Å². The minimum Gasteiger partial charge on any atom is -0.383 e. The molecule has 1 aromatic carbocycles. The molecule has 0 amide bonds. The van der Waals surface area contributed by atoms with Crippen LogP contribution in [-0.4, -0.2) is 34.4 Å². The molecule has 23 heavy (non-hydrogen) atoms. The van der Waals surface area contributed by atoms with Gasteiger partial charge in [-0.1, -0.05) is 6.07 Å². The van der Waals surface area contributed by atoms with Crippen LogP contribution >= 0.6 is 0 Å². The first kappa shape index (κ1) is 15.0. The number of benzene rings is 1. The molecule has 4 nitrogen and oxygen atoms in total. The van der Waals surface area contributed by atoms with E-state index in [1.807, 2.05) is 32.3 Å². The molecule has 3 aromatic rings. The monoisotopic (exact) mass is 309 g/mol. The van der Waals surface area contributed by atoms with Crippen molar-refractivity contribution in [1.82, 2.24) is 14.5 Å². The van der Waals surface area contributed by atoms with Crippen molar-refractivity contribution in [2.75, 3.05) is 14.1 Å². The number of pyridine rings is 1. The van der Waals surface area contributed by atoms with Gasteiger partial charge in [0, 0.05) is 38.1 Å². The van der Waals surface area contributed by atoms with Gasteiger partial charge in [0.05, 0.1) is 11.1 Å². The molecule has 0 spiro atoms. The first-order valence-electron chi connectivity index (χ1n) is 7.18. The van der Waals surface area contributed by atoms with Crippen LogP contribution in [0.5, 0.6) is 0 Å². The summed E-state index contributed by atoms with van der Waals surface area (Å²) < 4.78 is 14.8. The molecule has 3 rings (SSSR count). The van der Waals surface area contributed by atoms with E-state index in [4.69, 9.17) is 0 Å². The third kappa shape index (κ3) is 2.99. The SMILES string of the molecule is CN(C)C=CC(=O)c1c(-c2ccc(F)cc2)nn2ccccc12. The number of nitrogens with zero attached hydrogens (tertiary/aromatic N) is 3. The Bertz CT molecular complexity index is 879. The van der Waals surface area contributed by atoms with E-state index in [2.05, 4.69) is 5.10 Å². The van der Waals surface area contributed by atoms with E-state index in [1.165, 1.54) is 18.2 Å². The normalized spacial score (nSPS) is 11.3. The van der Waals surface area contributed by atoms with Gasteiger partial charge in [0.2, 0.25) is 0 Å². The van der Waals surface area contributed by atoms with Crippen molar-refractivity contribution in [3.63, 3.8) is 0 Å². The molecule has 5 heteroatoms. The van der Waals surface area contributed by atoms with E-state index >= 15 is 0 Å². The van der Waals surface area contributed by atoms with Crippen LogP contribution < -0.4 is 0 Å². The standard InChI is InChI=1S/C18H16FN3O/c1-21(2)12-10-16(23)17-15-5-3-4-11-22(15)20-18(17)13-6-8-14(19)9-7-13/h3-12H,1-2H3. The molecule has 0 saturated carbocycles. The van der Waals surface area contributed by atoms with Crippen molar-refractivity contribution >= 4 is 11.3 Å². The van der Waals surface area contributed by atoms with Gasteiger partial charge in [-0.05, 0) is 36.4 Å². The summed E-state index contributed by atoms with van der Waals surface area (Å²) in [5.41, 5.74) is 2.48. The van der Waals surface area contributed by atoms with E-state index in [0.29, 0.717) is 16.8 Å². The third-order valence-corrected chi connectivity index (χ3v) is 3.43. The molecular formula is C18H16FN3O. The molecule has 0 bridgehead atoms. The van der Waals surface area contributed by atoms with Crippen LogP contribution in [0.25, 0.3) is 16.8 Å². The number of carbonyl (C=O) groups is 1. The summed E-state index contributed by atoms with van der Waals surface area (Å²) in [5.74, 6) is -0.461. The van der Waals surface area contributed by atoms with Crippen molar-refractivity contribution < 1.29 is 9.18 Å². The number of allylic oxidation sites excluding steroid dienone is 1. The van der Waals surface area contributed by atoms with Gasteiger partial charge in [-0.25, -0.2) is 8.91 Å². The highest BCUT2D eigenvalue weighted by Crippen LogP contribution is 2.27. The average molecular weight is 309 g/mol. The minimum absolute atomic E-state index is 0.140. The van der Waals surface area contributed by atoms with Gasteiger partial charge >= 0.3 is 0 Å². The maximum absolute atomic E-state index is 13.2. The van der Waals surface area contributed by atoms with Gasteiger partial charge in [-0.3, -0.25) is 4.79 Å². The molecule has 2 heterocycles. The number of carbonyl (C=O) groups excluding carboxylic acids is 1. The topological polar surface area (TPSA) is 37.6 Å². The Kier molecular flexibility index (Phi) is 3.93. The summed E-state index contributed by atoms with van der Waals surface area (Å²) in [6.45, 7) is 0. The molecule has 0 unspecified atom stereocenters. The highest BCUT2D eigenvalue weighted by atomic mass is 19.1. The van der Waals surface area contributed by atoms with Gasteiger partial charge in [0.25, 0.3) is 0 Å². The van der Waals surface area contributed by atoms with Crippen LogP contribution in [0.2, 0.25) is 0 Å². The number of fused-ring (bicyclic) bond motifs is 1. The summed E-state index contributed by atoms with van der Waals surface area (Å²) in [6, 6.07) is 11.5. The molecule has 0 aliphatic carbocycles. The Morgan fingerprint density at radius 2 is 1.91 bits per heavy atom. The molecule has 2 aromatic heterocycles. The van der Waals surface area contributed by atoms with Crippen LogP contribution in [0.4, 0.5) is 4.39 Å². The summed E-state index contributed by atoms with van der Waals surface area (Å²) in [7, 11) is 3.70. The Hall–Kier alpha value is -2.95. The number of hydrogen-bond acceptors (Lipinski definition) is 3. The quantitative estimate of drug-likeness (QED) is 0.547. The van der Waals surface area contributed by atoms with Crippen molar-refractivity contribution in [3.05, 3.63) is 72.3 Å². The van der Waals surface area contributed by atoms with Gasteiger partial charge in [0.15, 0.2) is 5.78 Å². The predicted octanol–water partition coefficient (Wildman–Crippen LogP) is 3.40. The van der Waals surface area contributed by atoms with Gasteiger partial charge in [-0.15, -0.1) is 0 Å². The first-order valence-corrected chi connectivity index (χ1v) is 7.18. The highest BCUT2D eigenvalue weighted by Gasteiger charge is 2.19. The number of aromatic nitrogens is 2. The van der Waals surface area contributed by atoms with Crippen molar-refractivity contribution in [2.24, 2.45) is 0 Å². The first-order chi connectivity index (χ1) is 11.1. The lowest BCUT2D eigenvalue weighted by Gasteiger charge is -2.04. The zero-order valence-electron chi connectivity index (χ0n) is 12.9. The highest BCUT2D eigenvalue weighted by molar-refractivity contribution is 6.13. The van der Waals surface area contributed by atoms with Crippen LogP contribution in [0.1, 0.15) is 10.4 Å². The fraction of sp³-hybridized carbons (Fsp3) is 0.111. The maximum Gasteiger partial charge on any atom is 0.191 e. The second-order valence-electron chi connectivity index (χ2n) is 5.40. The van der Waals surface area contributed by atoms with Crippen LogP contribution in [-0.2, 0) is 0 Å². The van der Waals surface area contributed by atoms with Crippen LogP contribution in [0.15, 0.2) is 60.9 Å². The Morgan fingerprint density at radius 1 is 1.17 bits per heavy atom. The third-order valence-electron chi connectivity index (χ3n) is 3.43. The Morgan fingerprint density at radius 3 is 2.61 bits per heavy atom. The van der Waals surface area contributed by atoms with Gasteiger partial charge in [-0.2, -0.15) is 5.10 Å². The zero-order chi connectivity index (χ0) is 16.4. The average Bonchev–Trinajstić information content (AvgIpc) is 2.92. The molecule has 0 fully saturated rings. The number of halogens is 1. The molecule has 0 atom stereocenters. The Balaban J connectivity index is 2.19. The summed E-state index contributed by atoms with van der Waals surface area (Å²) in [6.07, 6.45) is 5.00. The van der Waals surface area contributed by atoms with Crippen LogP contribution in [0.3, 0.4) is 0 Å². The fourth-order valence-electron chi connectivity index (χ4n) is 2.35. The van der Waals surface area contributed by atoms with Crippen molar-refractivity contribution in [1.29, 1.82) is 0 Å². The molecular weight excluding hydrogens is 293 g/mol. The van der Waals surface area contributed by atoms with Gasteiger partial charge < -0.3 is 4.90 Å². The lowest BCUT2D eigenvalue weighted by Crippen LogP contribution is -2.03. The molecule has 0 radical (unpaired) electrons. The van der Waals surface area contributed by atoms with E-state index in [-0.39, 0.29) is 11.6 Å². The number of rotatable bonds is 4. The van der Waals surface area contributed by atoms with Gasteiger partial charge in [0.1, 0.15) is 11.5 Å². The molecule has 0 aliphatic rings. The minimum atomic E-state index is -0.321. The second kappa shape index (κ2) is 6.04. The lowest BCUT2D eigenvalue weighted by molar-refractivity contribution is 0.104. The summed E-state index contributed by atoms with van der Waals surface area (Å²) in [4.78, 5) is 14.4. The zero-order valence-corrected chi connectivity index (χ0v) is 12.9. The van der Waals surface area contributed by atoms with E-state index in [0.717, 1.165) is 5.52 Å². The predicted molar refractivity (Wildman–Crippen MR) is 87.7 cm³/mol. The largest absolute Gasteiger partial charge is 0.383 e. The van der Waals surface area contributed by atoms with Crippen LogP contribution in [0, 0.1) is 5.82 Å². The molecule has 0 saturated heterocycles. The molecule has 116 valence electrons. The van der Waals surface area contributed by atoms with E-state index in [9.17, 15) is 9.18 Å². The maximum atomic E-state index is 13.2. The fourth-order valence-corrected chi connectivity index (χ4v) is 2.35. The summed E-state index contributed by atoms with van der Waals surface area (Å²) >= 11 is 0. The number of ketones is 1. The van der Waals surface area contributed by atoms with Crippen molar-refractivity contribution in [3.8, 4) is 11.3 Å². The van der Waals surface area contributed by atoms with E-state index in [1.54, 1.807) is 33.9 Å². The summed E-state index contributed by atoms with van der Waals surface area (Å²) in [5, 5.41) is 4.49. The number of hydrogen-bond donors (Lipinski definition) is 0. The molecule has 0 aliphatic heterocycles. The molecule has 0 N–H and O–H groups in total. The van der Waals surface area contributed by atoms with E-state index < -0.39 is 0 Å².